The van der Waals surface area contributed by atoms with Gasteiger partial charge in [0.1, 0.15) is 5.82 Å². The summed E-state index contributed by atoms with van der Waals surface area (Å²) in [7, 11) is 0. The number of rotatable bonds is 3. The molecule has 2 aromatic rings. The average molecular weight is 283 g/mol. The maximum Gasteiger partial charge on any atom is 0.161 e. The summed E-state index contributed by atoms with van der Waals surface area (Å²) in [5.74, 6) is 2.71. The second kappa shape index (κ2) is 5.15. The van der Waals surface area contributed by atoms with E-state index in [-0.39, 0.29) is 0 Å². The first-order valence-corrected chi connectivity index (χ1v) is 7.75. The molecule has 0 aliphatic carbocycles. The van der Waals surface area contributed by atoms with Gasteiger partial charge in [0.05, 0.1) is 5.69 Å². The fourth-order valence-corrected chi connectivity index (χ4v) is 3.63. The lowest BCUT2D eigenvalue weighted by Crippen LogP contribution is -2.53. The SMILES string of the molecule is Cc1nccn1-c1ncccc1NC1CN2CCC1CC2. The molecule has 0 spiro atoms. The number of nitrogens with one attached hydrogen (secondary N) is 1. The fourth-order valence-electron chi connectivity index (χ4n) is 3.63. The number of imidazole rings is 1. The van der Waals surface area contributed by atoms with Gasteiger partial charge in [0.25, 0.3) is 0 Å². The second-order valence-electron chi connectivity index (χ2n) is 6.11. The van der Waals surface area contributed by atoms with Crippen LogP contribution in [-0.4, -0.2) is 45.1 Å². The highest BCUT2D eigenvalue weighted by atomic mass is 15.2. The molecule has 0 amide bonds. The van der Waals surface area contributed by atoms with Crippen LogP contribution in [0.15, 0.2) is 30.7 Å². The first kappa shape index (κ1) is 12.8. The zero-order valence-electron chi connectivity index (χ0n) is 12.4. The van der Waals surface area contributed by atoms with E-state index in [1.807, 2.05) is 36.1 Å². The molecule has 2 aromatic heterocycles. The van der Waals surface area contributed by atoms with Gasteiger partial charge in [-0.25, -0.2) is 9.97 Å². The van der Waals surface area contributed by atoms with Gasteiger partial charge in [0, 0.05) is 31.2 Å². The summed E-state index contributed by atoms with van der Waals surface area (Å²) in [6, 6.07) is 4.66. The number of aromatic nitrogens is 3. The molecule has 5 nitrogen and oxygen atoms in total. The molecule has 110 valence electrons. The first-order valence-electron chi connectivity index (χ1n) is 7.75. The Hall–Kier alpha value is -1.88. The third-order valence-corrected chi connectivity index (χ3v) is 4.84. The summed E-state index contributed by atoms with van der Waals surface area (Å²) < 4.78 is 2.05. The minimum Gasteiger partial charge on any atom is -0.378 e. The van der Waals surface area contributed by atoms with Crippen LogP contribution in [0.4, 0.5) is 5.69 Å². The van der Waals surface area contributed by atoms with Crippen molar-refractivity contribution < 1.29 is 0 Å². The Morgan fingerprint density at radius 3 is 2.71 bits per heavy atom. The van der Waals surface area contributed by atoms with E-state index in [0.29, 0.717) is 6.04 Å². The molecule has 5 rings (SSSR count). The molecule has 0 saturated carbocycles. The topological polar surface area (TPSA) is 46.0 Å². The minimum atomic E-state index is 0.541. The maximum atomic E-state index is 4.56. The number of hydrogen-bond acceptors (Lipinski definition) is 4. The van der Waals surface area contributed by atoms with Crippen LogP contribution in [0.5, 0.6) is 0 Å². The third-order valence-electron chi connectivity index (χ3n) is 4.84. The molecular weight excluding hydrogens is 262 g/mol. The third kappa shape index (κ3) is 2.31. The molecular formula is C16H21N5. The Labute approximate surface area is 125 Å². The lowest BCUT2D eigenvalue weighted by Gasteiger charge is -2.45. The van der Waals surface area contributed by atoms with Crippen LogP contribution < -0.4 is 5.32 Å². The predicted octanol–water partition coefficient (Wildman–Crippen LogP) is 2.08. The summed E-state index contributed by atoms with van der Waals surface area (Å²) in [6.07, 6.45) is 8.27. The highest BCUT2D eigenvalue weighted by Crippen LogP contribution is 2.31. The van der Waals surface area contributed by atoms with Crippen LogP contribution in [0.1, 0.15) is 18.7 Å². The maximum absolute atomic E-state index is 4.56. The number of hydrogen-bond donors (Lipinski definition) is 1. The minimum absolute atomic E-state index is 0.541. The molecule has 0 aromatic carbocycles. The number of fused-ring (bicyclic) bond motifs is 3. The van der Waals surface area contributed by atoms with E-state index in [1.54, 1.807) is 0 Å². The average Bonchev–Trinajstić information content (AvgIpc) is 2.95. The Morgan fingerprint density at radius 1 is 1.19 bits per heavy atom. The van der Waals surface area contributed by atoms with E-state index < -0.39 is 0 Å². The largest absolute Gasteiger partial charge is 0.378 e. The quantitative estimate of drug-likeness (QED) is 0.937. The molecule has 21 heavy (non-hydrogen) atoms. The number of pyridine rings is 1. The van der Waals surface area contributed by atoms with Crippen molar-refractivity contribution in [3.05, 3.63) is 36.5 Å². The van der Waals surface area contributed by atoms with Gasteiger partial charge in [0.2, 0.25) is 0 Å². The zero-order chi connectivity index (χ0) is 14.2. The Balaban J connectivity index is 1.62. The predicted molar refractivity (Wildman–Crippen MR) is 82.7 cm³/mol. The van der Waals surface area contributed by atoms with Crippen LogP contribution in [0.25, 0.3) is 5.82 Å². The van der Waals surface area contributed by atoms with Crippen molar-refractivity contribution in [1.29, 1.82) is 0 Å². The van der Waals surface area contributed by atoms with Crippen LogP contribution in [-0.2, 0) is 0 Å². The Morgan fingerprint density at radius 2 is 2.05 bits per heavy atom. The van der Waals surface area contributed by atoms with E-state index in [2.05, 4.69) is 26.3 Å². The highest BCUT2D eigenvalue weighted by molar-refractivity contribution is 5.57. The number of piperidine rings is 3. The van der Waals surface area contributed by atoms with Crippen molar-refractivity contribution in [1.82, 2.24) is 19.4 Å². The van der Waals surface area contributed by atoms with Crippen molar-refractivity contribution in [2.45, 2.75) is 25.8 Å². The second-order valence-corrected chi connectivity index (χ2v) is 6.11. The smallest absolute Gasteiger partial charge is 0.161 e. The fraction of sp³-hybridized carbons (Fsp3) is 0.500. The summed E-state index contributed by atoms with van der Waals surface area (Å²) in [5.41, 5.74) is 1.11. The van der Waals surface area contributed by atoms with Crippen LogP contribution in [0.2, 0.25) is 0 Å². The summed E-state index contributed by atoms with van der Waals surface area (Å²) >= 11 is 0. The first-order chi connectivity index (χ1) is 10.3. The molecule has 3 aliphatic heterocycles. The van der Waals surface area contributed by atoms with Gasteiger partial charge in [-0.1, -0.05) is 0 Å². The van der Waals surface area contributed by atoms with Gasteiger partial charge < -0.3 is 10.2 Å². The Bertz CT molecular complexity index is 627. The molecule has 5 heteroatoms. The molecule has 3 fully saturated rings. The number of aryl methyl sites for hydroxylation is 1. The van der Waals surface area contributed by atoms with Crippen molar-refractivity contribution >= 4 is 5.69 Å². The molecule has 1 N–H and O–H groups in total. The van der Waals surface area contributed by atoms with Gasteiger partial charge in [-0.15, -0.1) is 0 Å². The monoisotopic (exact) mass is 283 g/mol. The van der Waals surface area contributed by atoms with Gasteiger partial charge in [0.15, 0.2) is 5.82 Å². The molecule has 3 saturated heterocycles. The normalized spacial score (nSPS) is 27.8. The molecule has 0 radical (unpaired) electrons. The Kier molecular flexibility index (Phi) is 3.15. The summed E-state index contributed by atoms with van der Waals surface area (Å²) in [6.45, 7) is 5.70. The van der Waals surface area contributed by atoms with Crippen molar-refractivity contribution in [3.8, 4) is 5.82 Å². The van der Waals surface area contributed by atoms with Crippen LogP contribution >= 0.6 is 0 Å². The van der Waals surface area contributed by atoms with E-state index in [4.69, 9.17) is 0 Å². The van der Waals surface area contributed by atoms with E-state index in [9.17, 15) is 0 Å². The molecule has 1 unspecified atom stereocenters. The van der Waals surface area contributed by atoms with Crippen molar-refractivity contribution in [2.24, 2.45) is 5.92 Å². The standard InChI is InChI=1S/C16H21N5/c1-12-17-7-10-21(12)16-14(3-2-6-18-16)19-15-11-20-8-4-13(15)5-9-20/h2-3,6-7,10,13,15,19H,4-5,8-9,11H2,1H3. The van der Waals surface area contributed by atoms with E-state index >= 15 is 0 Å². The highest BCUT2D eigenvalue weighted by Gasteiger charge is 2.34. The molecule has 3 aliphatic rings. The number of anilines is 1. The lowest BCUT2D eigenvalue weighted by molar-refractivity contribution is 0.0975. The van der Waals surface area contributed by atoms with Crippen LogP contribution in [0.3, 0.4) is 0 Å². The van der Waals surface area contributed by atoms with Gasteiger partial charge in [-0.05, 0) is 50.9 Å². The summed E-state index contributed by atoms with van der Waals surface area (Å²) in [5, 5.41) is 3.74. The van der Waals surface area contributed by atoms with Gasteiger partial charge in [-0.2, -0.15) is 0 Å². The molecule has 5 heterocycles. The van der Waals surface area contributed by atoms with E-state index in [0.717, 1.165) is 29.8 Å². The van der Waals surface area contributed by atoms with Gasteiger partial charge >= 0.3 is 0 Å². The van der Waals surface area contributed by atoms with Crippen molar-refractivity contribution in [3.63, 3.8) is 0 Å². The van der Waals surface area contributed by atoms with Crippen molar-refractivity contribution in [2.75, 3.05) is 25.0 Å². The lowest BCUT2D eigenvalue weighted by atomic mass is 9.84. The summed E-state index contributed by atoms with van der Waals surface area (Å²) in [4.78, 5) is 11.4. The number of nitrogens with zero attached hydrogens (tertiary/aromatic N) is 4. The zero-order valence-corrected chi connectivity index (χ0v) is 12.4. The van der Waals surface area contributed by atoms with E-state index in [1.165, 1.54) is 25.9 Å². The molecule has 2 bridgehead atoms. The molecule has 1 atom stereocenters. The van der Waals surface area contributed by atoms with Crippen LogP contribution in [0, 0.1) is 12.8 Å². The van der Waals surface area contributed by atoms with Gasteiger partial charge in [-0.3, -0.25) is 4.57 Å².